The standard InChI is InChI=1S/C23H27N3O3/c1-23(2,3)18-11-8-15(9-12-18)22(29)26-25-20(27)13-10-17-14-16-6-4-5-7-19(16)24-21(17)28/h4-9,11-12,17H,10,13-14H2,1-3H3,(H,24,28)(H,25,27)(H,26,29). The third kappa shape index (κ3) is 5.22. The minimum atomic E-state index is -0.372. The summed E-state index contributed by atoms with van der Waals surface area (Å²) < 4.78 is 0. The van der Waals surface area contributed by atoms with Gasteiger partial charge in [0.15, 0.2) is 0 Å². The summed E-state index contributed by atoms with van der Waals surface area (Å²) in [6.45, 7) is 6.31. The van der Waals surface area contributed by atoms with Gasteiger partial charge in [0.1, 0.15) is 0 Å². The fourth-order valence-electron chi connectivity index (χ4n) is 3.33. The first-order valence-corrected chi connectivity index (χ1v) is 9.82. The molecule has 3 rings (SSSR count). The molecule has 0 radical (unpaired) electrons. The zero-order valence-corrected chi connectivity index (χ0v) is 17.0. The van der Waals surface area contributed by atoms with Gasteiger partial charge in [0.05, 0.1) is 0 Å². The zero-order chi connectivity index (χ0) is 21.0. The summed E-state index contributed by atoms with van der Waals surface area (Å²) in [5.74, 6) is -1.02. The van der Waals surface area contributed by atoms with E-state index >= 15 is 0 Å². The molecule has 1 aliphatic rings. The lowest BCUT2D eigenvalue weighted by atomic mass is 9.87. The largest absolute Gasteiger partial charge is 0.326 e. The molecule has 0 fully saturated rings. The van der Waals surface area contributed by atoms with Crippen molar-refractivity contribution in [3.05, 3.63) is 65.2 Å². The second kappa shape index (κ2) is 8.47. The molecule has 0 spiro atoms. The van der Waals surface area contributed by atoms with Crippen molar-refractivity contribution in [3.8, 4) is 0 Å². The van der Waals surface area contributed by atoms with Crippen molar-refractivity contribution in [2.24, 2.45) is 5.92 Å². The highest BCUT2D eigenvalue weighted by molar-refractivity contribution is 5.96. The predicted octanol–water partition coefficient (Wildman–Crippen LogP) is 3.34. The topological polar surface area (TPSA) is 87.3 Å². The van der Waals surface area contributed by atoms with E-state index in [1.54, 1.807) is 12.1 Å². The molecular weight excluding hydrogens is 366 g/mol. The van der Waals surface area contributed by atoms with Crippen LogP contribution in [0.1, 0.15) is 55.1 Å². The van der Waals surface area contributed by atoms with E-state index in [4.69, 9.17) is 0 Å². The van der Waals surface area contributed by atoms with Crippen LogP contribution in [0.3, 0.4) is 0 Å². The second-order valence-electron chi connectivity index (χ2n) is 8.42. The van der Waals surface area contributed by atoms with Crippen LogP contribution < -0.4 is 16.2 Å². The van der Waals surface area contributed by atoms with E-state index < -0.39 is 0 Å². The Morgan fingerprint density at radius 2 is 1.72 bits per heavy atom. The van der Waals surface area contributed by atoms with Gasteiger partial charge in [-0.25, -0.2) is 0 Å². The lowest BCUT2D eigenvalue weighted by molar-refractivity contribution is -0.123. The molecule has 0 bridgehead atoms. The zero-order valence-electron chi connectivity index (χ0n) is 17.0. The maximum Gasteiger partial charge on any atom is 0.269 e. The van der Waals surface area contributed by atoms with E-state index in [9.17, 15) is 14.4 Å². The third-order valence-corrected chi connectivity index (χ3v) is 5.16. The number of para-hydroxylation sites is 1. The number of benzene rings is 2. The Kier molecular flexibility index (Phi) is 6.01. The van der Waals surface area contributed by atoms with Crippen LogP contribution in [-0.2, 0) is 21.4 Å². The molecule has 2 aromatic rings. The molecule has 1 unspecified atom stereocenters. The summed E-state index contributed by atoms with van der Waals surface area (Å²) in [6.07, 6.45) is 1.19. The number of carbonyl (C=O) groups excluding carboxylic acids is 3. The molecule has 6 nitrogen and oxygen atoms in total. The van der Waals surface area contributed by atoms with Crippen LogP contribution >= 0.6 is 0 Å². The first kappa shape index (κ1) is 20.6. The third-order valence-electron chi connectivity index (χ3n) is 5.16. The highest BCUT2D eigenvalue weighted by Gasteiger charge is 2.26. The number of hydrogen-bond donors (Lipinski definition) is 3. The molecule has 0 saturated carbocycles. The average molecular weight is 393 g/mol. The van der Waals surface area contributed by atoms with Gasteiger partial charge in [-0.3, -0.25) is 25.2 Å². The Morgan fingerprint density at radius 1 is 1.03 bits per heavy atom. The smallest absolute Gasteiger partial charge is 0.269 e. The van der Waals surface area contributed by atoms with E-state index in [1.807, 2.05) is 36.4 Å². The van der Waals surface area contributed by atoms with E-state index in [1.165, 1.54) is 0 Å². The molecule has 3 N–H and O–H groups in total. The molecule has 0 saturated heterocycles. The molecule has 6 heteroatoms. The Morgan fingerprint density at radius 3 is 2.41 bits per heavy atom. The van der Waals surface area contributed by atoms with Crippen molar-refractivity contribution in [2.75, 3.05) is 5.32 Å². The van der Waals surface area contributed by atoms with E-state index in [2.05, 4.69) is 36.9 Å². The van der Waals surface area contributed by atoms with Gasteiger partial charge in [-0.15, -0.1) is 0 Å². The number of hydrazine groups is 1. The lowest BCUT2D eigenvalue weighted by Crippen LogP contribution is -2.42. The molecule has 1 heterocycles. The van der Waals surface area contributed by atoms with Crippen LogP contribution in [0.25, 0.3) is 0 Å². The molecule has 0 aromatic heterocycles. The summed E-state index contributed by atoms with van der Waals surface area (Å²) >= 11 is 0. The first-order valence-electron chi connectivity index (χ1n) is 9.82. The molecule has 29 heavy (non-hydrogen) atoms. The van der Waals surface area contributed by atoms with Crippen LogP contribution in [0.5, 0.6) is 0 Å². The summed E-state index contributed by atoms with van der Waals surface area (Å²) in [6, 6.07) is 15.0. The molecule has 3 amide bonds. The van der Waals surface area contributed by atoms with Crippen molar-refractivity contribution in [1.82, 2.24) is 10.9 Å². The van der Waals surface area contributed by atoms with Crippen LogP contribution in [0, 0.1) is 5.92 Å². The molecule has 2 aromatic carbocycles. The quantitative estimate of drug-likeness (QED) is 0.696. The number of rotatable bonds is 4. The van der Waals surface area contributed by atoms with Crippen molar-refractivity contribution in [3.63, 3.8) is 0 Å². The minimum absolute atomic E-state index is 0.00907. The Bertz CT molecular complexity index is 914. The molecular formula is C23H27N3O3. The van der Waals surface area contributed by atoms with Crippen molar-refractivity contribution >= 4 is 23.4 Å². The maximum atomic E-state index is 12.2. The second-order valence-corrected chi connectivity index (χ2v) is 8.42. The van der Waals surface area contributed by atoms with Gasteiger partial charge in [-0.2, -0.15) is 0 Å². The van der Waals surface area contributed by atoms with E-state index in [0.29, 0.717) is 18.4 Å². The predicted molar refractivity (Wildman–Crippen MR) is 112 cm³/mol. The molecule has 152 valence electrons. The highest BCUT2D eigenvalue weighted by Crippen LogP contribution is 2.27. The van der Waals surface area contributed by atoms with Crippen molar-refractivity contribution in [2.45, 2.75) is 45.4 Å². The average Bonchev–Trinajstić information content (AvgIpc) is 2.69. The normalized spacial score (nSPS) is 15.8. The van der Waals surface area contributed by atoms with Gasteiger partial charge in [0.2, 0.25) is 11.8 Å². The number of carbonyl (C=O) groups is 3. The van der Waals surface area contributed by atoms with Gasteiger partial charge in [0, 0.05) is 23.6 Å². The fraction of sp³-hybridized carbons (Fsp3) is 0.348. The Labute approximate surface area is 171 Å². The van der Waals surface area contributed by atoms with Crippen LogP contribution in [0.2, 0.25) is 0 Å². The van der Waals surface area contributed by atoms with Crippen LogP contribution in [-0.4, -0.2) is 17.7 Å². The summed E-state index contributed by atoms with van der Waals surface area (Å²) in [4.78, 5) is 36.5. The van der Waals surface area contributed by atoms with Gasteiger partial charge in [0.25, 0.3) is 5.91 Å². The van der Waals surface area contributed by atoms with E-state index in [-0.39, 0.29) is 35.5 Å². The minimum Gasteiger partial charge on any atom is -0.326 e. The highest BCUT2D eigenvalue weighted by atomic mass is 16.2. The first-order chi connectivity index (χ1) is 13.7. The summed E-state index contributed by atoms with van der Waals surface area (Å²) in [5.41, 5.74) is 8.38. The van der Waals surface area contributed by atoms with E-state index in [0.717, 1.165) is 16.8 Å². The monoisotopic (exact) mass is 393 g/mol. The van der Waals surface area contributed by atoms with Crippen molar-refractivity contribution in [1.29, 1.82) is 0 Å². The lowest BCUT2D eigenvalue weighted by Gasteiger charge is -2.24. The summed E-state index contributed by atoms with van der Waals surface area (Å²) in [5, 5.41) is 2.88. The van der Waals surface area contributed by atoms with Gasteiger partial charge >= 0.3 is 0 Å². The Hall–Kier alpha value is -3.15. The van der Waals surface area contributed by atoms with Gasteiger partial charge in [-0.1, -0.05) is 51.1 Å². The number of fused-ring (bicyclic) bond motifs is 1. The van der Waals surface area contributed by atoms with Crippen molar-refractivity contribution < 1.29 is 14.4 Å². The number of hydrogen-bond acceptors (Lipinski definition) is 3. The van der Waals surface area contributed by atoms with Gasteiger partial charge < -0.3 is 5.32 Å². The van der Waals surface area contributed by atoms with Gasteiger partial charge in [-0.05, 0) is 47.6 Å². The fourth-order valence-corrected chi connectivity index (χ4v) is 3.33. The number of amides is 3. The molecule has 1 aliphatic heterocycles. The summed E-state index contributed by atoms with van der Waals surface area (Å²) in [7, 11) is 0. The SMILES string of the molecule is CC(C)(C)c1ccc(C(=O)NNC(=O)CCC2Cc3ccccc3NC2=O)cc1. The molecule has 0 aliphatic carbocycles. The number of nitrogens with one attached hydrogen (secondary N) is 3. The maximum absolute atomic E-state index is 12.2. The number of anilines is 1. The Balaban J connectivity index is 1.46. The van der Waals surface area contributed by atoms with Crippen LogP contribution in [0.15, 0.2) is 48.5 Å². The van der Waals surface area contributed by atoms with Crippen LogP contribution in [0.4, 0.5) is 5.69 Å². The molecule has 1 atom stereocenters.